The Hall–Kier alpha value is -3.21. The van der Waals surface area contributed by atoms with E-state index in [9.17, 15) is 9.59 Å². The van der Waals surface area contributed by atoms with Crippen LogP contribution in [0.2, 0.25) is 0 Å². The Bertz CT molecular complexity index is 964. The fourth-order valence-electron chi connectivity index (χ4n) is 2.76. The molecule has 1 aliphatic rings. The van der Waals surface area contributed by atoms with Crippen LogP contribution in [0.3, 0.4) is 0 Å². The molecule has 5 nitrogen and oxygen atoms in total. The van der Waals surface area contributed by atoms with Gasteiger partial charge in [-0.1, -0.05) is 32.9 Å². The average molecular weight is 376 g/mol. The minimum Gasteiger partial charge on any atom is -0.455 e. The second-order valence-electron chi connectivity index (χ2n) is 7.82. The summed E-state index contributed by atoms with van der Waals surface area (Å²) in [6.07, 6.45) is 6.88. The lowest BCUT2D eigenvalue weighted by Gasteiger charge is -2.21. The molecule has 1 aliphatic carbocycles. The molecule has 0 saturated heterocycles. The summed E-state index contributed by atoms with van der Waals surface area (Å²) < 4.78 is 6.00. The van der Waals surface area contributed by atoms with Crippen LogP contribution < -0.4 is 10.1 Å². The number of ether oxygens (including phenoxy) is 1. The highest BCUT2D eigenvalue weighted by Gasteiger charge is 2.20. The predicted molar refractivity (Wildman–Crippen MR) is 109 cm³/mol. The van der Waals surface area contributed by atoms with Crippen molar-refractivity contribution in [2.75, 3.05) is 0 Å². The average Bonchev–Trinajstić information content (AvgIpc) is 2.63. The molecule has 3 rings (SSSR count). The fraction of sp³-hybridized carbons (Fsp3) is 0.261. The lowest BCUT2D eigenvalue weighted by Crippen LogP contribution is -2.24. The Morgan fingerprint density at radius 3 is 2.61 bits per heavy atom. The molecule has 1 amide bonds. The Labute approximate surface area is 165 Å². The van der Waals surface area contributed by atoms with E-state index in [1.165, 1.54) is 6.08 Å². The van der Waals surface area contributed by atoms with Crippen LogP contribution >= 0.6 is 0 Å². The number of ketones is 1. The first-order valence-corrected chi connectivity index (χ1v) is 9.20. The van der Waals surface area contributed by atoms with Crippen LogP contribution in [0.1, 0.15) is 48.8 Å². The van der Waals surface area contributed by atoms with Crippen molar-refractivity contribution < 1.29 is 14.3 Å². The summed E-state index contributed by atoms with van der Waals surface area (Å²) in [7, 11) is 0. The lowest BCUT2D eigenvalue weighted by molar-refractivity contribution is -0.113. The maximum Gasteiger partial charge on any atom is 0.259 e. The zero-order valence-electron chi connectivity index (χ0n) is 16.6. The second kappa shape index (κ2) is 7.80. The van der Waals surface area contributed by atoms with Crippen LogP contribution in [-0.4, -0.2) is 16.7 Å². The van der Waals surface area contributed by atoms with Crippen molar-refractivity contribution in [3.63, 3.8) is 0 Å². The molecule has 0 fully saturated rings. The smallest absolute Gasteiger partial charge is 0.259 e. The fourth-order valence-corrected chi connectivity index (χ4v) is 2.76. The molecule has 0 bridgehead atoms. The van der Waals surface area contributed by atoms with Gasteiger partial charge in [0.25, 0.3) is 5.91 Å². The maximum atomic E-state index is 12.9. The summed E-state index contributed by atoms with van der Waals surface area (Å²) >= 11 is 0. The number of allylic oxidation sites excluding steroid dienone is 3. The summed E-state index contributed by atoms with van der Waals surface area (Å²) in [6, 6.07) is 9.23. The van der Waals surface area contributed by atoms with Crippen molar-refractivity contribution in [1.82, 2.24) is 10.3 Å². The van der Waals surface area contributed by atoms with E-state index < -0.39 is 0 Å². The number of nitrogens with zero attached hydrogens (tertiary/aromatic N) is 1. The van der Waals surface area contributed by atoms with E-state index in [1.54, 1.807) is 24.4 Å². The third-order valence-electron chi connectivity index (χ3n) is 4.40. The normalized spacial score (nSPS) is 13.9. The molecule has 1 N–H and O–H groups in total. The minimum atomic E-state index is -0.332. The highest BCUT2D eigenvalue weighted by molar-refractivity contribution is 6.00. The van der Waals surface area contributed by atoms with E-state index in [1.807, 2.05) is 31.2 Å². The standard InChI is InChI=1S/C23H24N2O3/c1-15-8-10-19(14-24-15)28-21-12-16(23(2,3)4)9-11-20(21)22(27)25-17-6-5-7-18(26)13-17/h5-6,8-14H,7H2,1-4H3,(H,25,27). The van der Waals surface area contributed by atoms with Crippen molar-refractivity contribution in [3.05, 3.63) is 77.3 Å². The molecule has 0 atom stereocenters. The first-order chi connectivity index (χ1) is 13.2. The SMILES string of the molecule is Cc1ccc(Oc2cc(C(C)(C)C)ccc2C(=O)NC2=CC(=O)CC=C2)cn1. The van der Waals surface area contributed by atoms with Crippen molar-refractivity contribution >= 4 is 11.7 Å². The van der Waals surface area contributed by atoms with Gasteiger partial charge in [0.2, 0.25) is 0 Å². The van der Waals surface area contributed by atoms with Gasteiger partial charge in [-0.3, -0.25) is 14.6 Å². The number of carbonyl (C=O) groups excluding carboxylic acids is 2. The van der Waals surface area contributed by atoms with Crippen LogP contribution in [0.5, 0.6) is 11.5 Å². The molecule has 0 spiro atoms. The van der Waals surface area contributed by atoms with E-state index in [4.69, 9.17) is 4.74 Å². The number of carbonyl (C=O) groups is 2. The first-order valence-electron chi connectivity index (χ1n) is 9.20. The predicted octanol–water partition coefficient (Wildman–Crippen LogP) is 4.62. The van der Waals surface area contributed by atoms with Gasteiger partial charge in [0.1, 0.15) is 11.5 Å². The lowest BCUT2D eigenvalue weighted by atomic mass is 9.86. The number of aryl methyl sites for hydroxylation is 1. The number of aromatic nitrogens is 1. The number of hydrogen-bond donors (Lipinski definition) is 1. The number of rotatable bonds is 4. The number of benzene rings is 1. The van der Waals surface area contributed by atoms with Gasteiger partial charge >= 0.3 is 0 Å². The van der Waals surface area contributed by atoms with E-state index in [-0.39, 0.29) is 17.1 Å². The Balaban J connectivity index is 1.94. The Morgan fingerprint density at radius 1 is 1.18 bits per heavy atom. The molecule has 2 aromatic rings. The summed E-state index contributed by atoms with van der Waals surface area (Å²) in [4.78, 5) is 28.7. The third-order valence-corrected chi connectivity index (χ3v) is 4.40. The molecule has 5 heteroatoms. The van der Waals surface area contributed by atoms with E-state index in [0.717, 1.165) is 11.3 Å². The largest absolute Gasteiger partial charge is 0.455 e. The third kappa shape index (κ3) is 4.74. The zero-order chi connectivity index (χ0) is 20.3. The minimum absolute atomic E-state index is 0.0388. The van der Waals surface area contributed by atoms with Gasteiger partial charge in [-0.2, -0.15) is 0 Å². The number of pyridine rings is 1. The molecule has 0 aliphatic heterocycles. The monoisotopic (exact) mass is 376 g/mol. The van der Waals surface area contributed by atoms with Gasteiger partial charge in [0.15, 0.2) is 5.78 Å². The number of nitrogens with one attached hydrogen (secondary N) is 1. The van der Waals surface area contributed by atoms with Gasteiger partial charge in [0, 0.05) is 23.9 Å². The first kappa shape index (κ1) is 19.5. The molecule has 1 aromatic heterocycles. The van der Waals surface area contributed by atoms with E-state index >= 15 is 0 Å². The van der Waals surface area contributed by atoms with E-state index in [2.05, 4.69) is 31.1 Å². The molecule has 0 radical (unpaired) electrons. The van der Waals surface area contributed by atoms with Crippen molar-refractivity contribution in [2.45, 2.75) is 39.5 Å². The van der Waals surface area contributed by atoms with Gasteiger partial charge in [0.05, 0.1) is 11.8 Å². The molecular weight excluding hydrogens is 352 g/mol. The topological polar surface area (TPSA) is 68.3 Å². The summed E-state index contributed by atoms with van der Waals surface area (Å²) in [5.74, 6) is 0.629. The Morgan fingerprint density at radius 2 is 1.96 bits per heavy atom. The van der Waals surface area contributed by atoms with Crippen LogP contribution in [0.4, 0.5) is 0 Å². The van der Waals surface area contributed by atoms with Gasteiger partial charge in [-0.05, 0) is 48.2 Å². The molecule has 144 valence electrons. The van der Waals surface area contributed by atoms with Crippen LogP contribution in [0.15, 0.2) is 60.5 Å². The highest BCUT2D eigenvalue weighted by atomic mass is 16.5. The number of amides is 1. The van der Waals surface area contributed by atoms with Crippen molar-refractivity contribution in [1.29, 1.82) is 0 Å². The summed E-state index contributed by atoms with van der Waals surface area (Å²) in [5, 5.41) is 2.78. The van der Waals surface area contributed by atoms with Crippen molar-refractivity contribution in [2.24, 2.45) is 0 Å². The van der Waals surface area contributed by atoms with Crippen LogP contribution in [0.25, 0.3) is 0 Å². The van der Waals surface area contributed by atoms with Gasteiger partial charge in [-0.25, -0.2) is 0 Å². The molecule has 28 heavy (non-hydrogen) atoms. The molecule has 0 saturated carbocycles. The summed E-state index contributed by atoms with van der Waals surface area (Å²) in [6.45, 7) is 8.20. The number of hydrogen-bond acceptors (Lipinski definition) is 4. The van der Waals surface area contributed by atoms with Crippen LogP contribution in [0, 0.1) is 6.92 Å². The van der Waals surface area contributed by atoms with E-state index in [0.29, 0.717) is 29.2 Å². The molecule has 0 unspecified atom stereocenters. The second-order valence-corrected chi connectivity index (χ2v) is 7.82. The van der Waals surface area contributed by atoms with Gasteiger partial charge in [-0.15, -0.1) is 0 Å². The van der Waals surface area contributed by atoms with Crippen molar-refractivity contribution in [3.8, 4) is 11.5 Å². The quantitative estimate of drug-likeness (QED) is 0.845. The molecule has 1 heterocycles. The summed E-state index contributed by atoms with van der Waals surface area (Å²) in [5.41, 5.74) is 2.70. The highest BCUT2D eigenvalue weighted by Crippen LogP contribution is 2.31. The molecule has 1 aromatic carbocycles. The van der Waals surface area contributed by atoms with Crippen LogP contribution in [-0.2, 0) is 10.2 Å². The van der Waals surface area contributed by atoms with Gasteiger partial charge < -0.3 is 10.1 Å². The molecular formula is C23H24N2O3. The zero-order valence-corrected chi connectivity index (χ0v) is 16.6. The Kier molecular flexibility index (Phi) is 5.45. The maximum absolute atomic E-state index is 12.9.